The van der Waals surface area contributed by atoms with Crippen molar-refractivity contribution in [2.75, 3.05) is 6.61 Å². The predicted octanol–water partition coefficient (Wildman–Crippen LogP) is 2.83. The van der Waals surface area contributed by atoms with E-state index in [4.69, 9.17) is 14.6 Å². The normalized spacial score (nSPS) is 29.5. The highest BCUT2D eigenvalue weighted by atomic mass is 79.9. The highest BCUT2D eigenvalue weighted by molar-refractivity contribution is 9.11. The largest absolute Gasteiger partial charge is 0.439 e. The lowest BCUT2D eigenvalue weighted by atomic mass is 9.93. The molecule has 2 heterocycles. The van der Waals surface area contributed by atoms with Gasteiger partial charge in [0.25, 0.3) is 0 Å². The molecule has 2 aliphatic rings. The molecule has 0 aliphatic carbocycles. The number of nitrogens with zero attached hydrogens (tertiary/aromatic N) is 1. The Morgan fingerprint density at radius 1 is 1.26 bits per heavy atom. The summed E-state index contributed by atoms with van der Waals surface area (Å²) in [4.78, 5) is 39.3. The number of amides is 2. The number of carbonyl (C=O) groups is 3. The molecule has 5 atom stereocenters. The van der Waals surface area contributed by atoms with Crippen molar-refractivity contribution < 1.29 is 34.1 Å². The molecule has 2 N–H and O–H groups in total. The first-order valence-corrected chi connectivity index (χ1v) is 11.0. The summed E-state index contributed by atoms with van der Waals surface area (Å²) in [7, 11) is 0. The summed E-state index contributed by atoms with van der Waals surface area (Å²) in [6.45, 7) is 3.16. The number of hydrogen-bond acceptors (Lipinski definition) is 7. The fourth-order valence-corrected chi connectivity index (χ4v) is 4.36. The van der Waals surface area contributed by atoms with Gasteiger partial charge >= 0.3 is 6.09 Å². The van der Waals surface area contributed by atoms with Gasteiger partial charge in [0.2, 0.25) is 5.91 Å². The fourth-order valence-electron chi connectivity index (χ4n) is 3.84. The topological polar surface area (TPSA) is 113 Å². The van der Waals surface area contributed by atoms with Gasteiger partial charge < -0.3 is 19.7 Å². The van der Waals surface area contributed by atoms with E-state index in [-0.39, 0.29) is 17.5 Å². The molecule has 2 aliphatic heterocycles. The van der Waals surface area contributed by atoms with Crippen LogP contribution in [0.5, 0.6) is 0 Å². The summed E-state index contributed by atoms with van der Waals surface area (Å²) in [6, 6.07) is 8.53. The Morgan fingerprint density at radius 3 is 2.58 bits per heavy atom. The molecular formula is C22H26BrNO7. The van der Waals surface area contributed by atoms with E-state index in [1.165, 1.54) is 13.0 Å². The van der Waals surface area contributed by atoms with Crippen LogP contribution in [0.15, 0.2) is 40.9 Å². The van der Waals surface area contributed by atoms with Crippen LogP contribution >= 0.6 is 15.9 Å². The second kappa shape index (κ2) is 9.60. The van der Waals surface area contributed by atoms with Gasteiger partial charge in [-0.25, -0.2) is 9.69 Å². The van der Waals surface area contributed by atoms with Crippen molar-refractivity contribution in [1.82, 2.24) is 4.90 Å². The number of benzene rings is 1. The Hall–Kier alpha value is -2.07. The first kappa shape index (κ1) is 23.6. The summed E-state index contributed by atoms with van der Waals surface area (Å²) >= 11 is 3.17. The lowest BCUT2D eigenvalue weighted by Crippen LogP contribution is -2.51. The number of ether oxygens (including phenoxy) is 2. The Bertz CT molecular complexity index is 874. The van der Waals surface area contributed by atoms with E-state index in [0.29, 0.717) is 12.8 Å². The lowest BCUT2D eigenvalue weighted by molar-refractivity contribution is -0.217. The average Bonchev–Trinajstić information content (AvgIpc) is 3.05. The average molecular weight is 496 g/mol. The smallest absolute Gasteiger partial charge is 0.417 e. The third-order valence-corrected chi connectivity index (χ3v) is 6.50. The third kappa shape index (κ3) is 4.74. The number of halogens is 1. The van der Waals surface area contributed by atoms with Crippen LogP contribution in [0.3, 0.4) is 0 Å². The second-order valence-electron chi connectivity index (χ2n) is 7.85. The van der Waals surface area contributed by atoms with Gasteiger partial charge in [0.15, 0.2) is 11.6 Å². The van der Waals surface area contributed by atoms with Crippen LogP contribution in [0.4, 0.5) is 4.79 Å². The minimum absolute atomic E-state index is 0.0355. The zero-order chi connectivity index (χ0) is 22.8. The van der Waals surface area contributed by atoms with Gasteiger partial charge in [0.1, 0.15) is 12.2 Å². The molecule has 168 valence electrons. The minimum Gasteiger partial charge on any atom is -0.439 e. The van der Waals surface area contributed by atoms with Crippen LogP contribution in [0.1, 0.15) is 44.8 Å². The maximum atomic E-state index is 13.2. The van der Waals surface area contributed by atoms with Gasteiger partial charge in [0, 0.05) is 13.0 Å². The maximum Gasteiger partial charge on any atom is 0.417 e. The number of ketones is 1. The number of cyclic esters (lactones) is 1. The number of carbonyl (C=O) groups excluding carboxylic acids is 3. The molecule has 3 rings (SSSR count). The van der Waals surface area contributed by atoms with Crippen molar-refractivity contribution in [3.05, 3.63) is 46.5 Å². The summed E-state index contributed by atoms with van der Waals surface area (Å²) in [5.41, 5.74) is 0.765. The summed E-state index contributed by atoms with van der Waals surface area (Å²) in [5, 5.41) is 19.8. The van der Waals surface area contributed by atoms with Crippen molar-refractivity contribution in [3.8, 4) is 0 Å². The molecule has 0 unspecified atom stereocenters. The number of hydrogen-bond donors (Lipinski definition) is 2. The van der Waals surface area contributed by atoms with E-state index in [1.807, 2.05) is 30.3 Å². The number of rotatable bonds is 7. The van der Waals surface area contributed by atoms with Crippen molar-refractivity contribution in [3.63, 3.8) is 0 Å². The first-order valence-electron chi connectivity index (χ1n) is 10.2. The molecule has 1 fully saturated rings. The van der Waals surface area contributed by atoms with Gasteiger partial charge in [0.05, 0.1) is 16.4 Å². The van der Waals surface area contributed by atoms with E-state index in [9.17, 15) is 19.5 Å². The highest BCUT2D eigenvalue weighted by Gasteiger charge is 2.49. The van der Waals surface area contributed by atoms with Crippen LogP contribution in [0.2, 0.25) is 0 Å². The molecule has 0 aromatic heterocycles. The molecule has 1 aromatic rings. The Morgan fingerprint density at radius 2 is 1.94 bits per heavy atom. The van der Waals surface area contributed by atoms with Crippen LogP contribution < -0.4 is 0 Å². The van der Waals surface area contributed by atoms with Crippen molar-refractivity contribution in [2.45, 2.75) is 57.1 Å². The van der Waals surface area contributed by atoms with Gasteiger partial charge in [-0.1, -0.05) is 37.3 Å². The standard InChI is InChI=1S/C22H26BrNO7/c1-13(18-16(26)12-17(23)22(29,31-18)10-6-7-11-25)20(27)24-14(2)19(30-21(24)28)15-8-4-3-5-9-15/h3-5,8-9,12-14,18-19,25,29H,6-7,10-11H2,1-2H3/t13-,14-,18-,19-,22+/m0/s1. The van der Waals surface area contributed by atoms with Crippen LogP contribution in [-0.4, -0.2) is 57.4 Å². The molecule has 0 saturated carbocycles. The molecular weight excluding hydrogens is 470 g/mol. The van der Waals surface area contributed by atoms with E-state index in [0.717, 1.165) is 10.5 Å². The van der Waals surface area contributed by atoms with Crippen LogP contribution in [0, 0.1) is 5.92 Å². The molecule has 2 amide bonds. The highest BCUT2D eigenvalue weighted by Crippen LogP contribution is 2.38. The van der Waals surface area contributed by atoms with E-state index < -0.39 is 47.7 Å². The molecule has 0 spiro atoms. The first-order chi connectivity index (χ1) is 14.7. The minimum atomic E-state index is -1.79. The summed E-state index contributed by atoms with van der Waals surface area (Å²) in [6.07, 6.45) is -0.412. The number of aliphatic hydroxyl groups excluding tert-OH is 1. The Balaban J connectivity index is 1.77. The zero-order valence-electron chi connectivity index (χ0n) is 17.4. The molecule has 9 heteroatoms. The van der Waals surface area contributed by atoms with Crippen LogP contribution in [-0.2, 0) is 19.1 Å². The monoisotopic (exact) mass is 495 g/mol. The molecule has 0 bridgehead atoms. The number of imide groups is 1. The van der Waals surface area contributed by atoms with Gasteiger partial charge in [-0.2, -0.15) is 0 Å². The molecule has 31 heavy (non-hydrogen) atoms. The Labute approximate surface area is 188 Å². The molecule has 1 aromatic carbocycles. The quantitative estimate of drug-likeness (QED) is 0.559. The van der Waals surface area contributed by atoms with Gasteiger partial charge in [-0.3, -0.25) is 9.59 Å². The van der Waals surface area contributed by atoms with Crippen LogP contribution in [0.25, 0.3) is 0 Å². The summed E-state index contributed by atoms with van der Waals surface area (Å²) < 4.78 is 11.3. The SMILES string of the molecule is C[C@H](C(=O)N1C(=O)O[C@H](c2ccccc2)[C@@H]1C)[C@@H]1O[C@](O)(CCCCO)C(Br)=CC1=O. The van der Waals surface area contributed by atoms with Gasteiger partial charge in [-0.15, -0.1) is 0 Å². The molecule has 1 saturated heterocycles. The van der Waals surface area contributed by atoms with Crippen molar-refractivity contribution in [1.29, 1.82) is 0 Å². The third-order valence-electron chi connectivity index (χ3n) is 5.65. The van der Waals surface area contributed by atoms with E-state index in [2.05, 4.69) is 15.9 Å². The van der Waals surface area contributed by atoms with Crippen molar-refractivity contribution >= 4 is 33.7 Å². The molecule has 8 nitrogen and oxygen atoms in total. The van der Waals surface area contributed by atoms with Gasteiger partial charge in [-0.05, 0) is 47.3 Å². The number of aliphatic hydroxyl groups is 2. The fraction of sp³-hybridized carbons (Fsp3) is 0.500. The zero-order valence-corrected chi connectivity index (χ0v) is 18.9. The lowest BCUT2D eigenvalue weighted by Gasteiger charge is -2.37. The van der Waals surface area contributed by atoms with E-state index in [1.54, 1.807) is 6.92 Å². The molecule has 0 radical (unpaired) electrons. The van der Waals surface area contributed by atoms with E-state index >= 15 is 0 Å². The number of unbranched alkanes of at least 4 members (excludes halogenated alkanes) is 1. The maximum absolute atomic E-state index is 13.2. The Kier molecular flexibility index (Phi) is 7.31. The van der Waals surface area contributed by atoms with Crippen molar-refractivity contribution in [2.24, 2.45) is 5.92 Å². The summed E-state index contributed by atoms with van der Waals surface area (Å²) in [5.74, 6) is -3.91. The predicted molar refractivity (Wildman–Crippen MR) is 114 cm³/mol. The second-order valence-corrected chi connectivity index (χ2v) is 8.71.